The minimum Gasteiger partial charge on any atom is -0.507 e. The number of benzene rings is 1. The third kappa shape index (κ3) is 2.61. The Labute approximate surface area is 96.3 Å². The molecule has 0 heterocycles. The first-order chi connectivity index (χ1) is 6.93. The molecule has 6 heteroatoms. The molecule has 0 aliphatic rings. The molecule has 4 nitrogen and oxygen atoms in total. The van der Waals surface area contributed by atoms with Crippen LogP contribution >= 0.6 is 23.2 Å². The van der Waals surface area contributed by atoms with Crippen molar-refractivity contribution >= 4 is 34.9 Å². The highest BCUT2D eigenvalue weighted by Crippen LogP contribution is 2.32. The summed E-state index contributed by atoms with van der Waals surface area (Å²) in [5.74, 6) is -0.921. The fraction of sp³-hybridized carbons (Fsp3) is 0.111. The van der Waals surface area contributed by atoms with Crippen LogP contribution in [-0.2, 0) is 0 Å². The van der Waals surface area contributed by atoms with Crippen molar-refractivity contribution in [1.82, 2.24) is 0 Å². The summed E-state index contributed by atoms with van der Waals surface area (Å²) in [6.45, 7) is 1.45. The number of hydrogen-bond donors (Lipinski definition) is 2. The molecule has 15 heavy (non-hydrogen) atoms. The minimum absolute atomic E-state index is 0.0355. The van der Waals surface area contributed by atoms with Crippen molar-refractivity contribution < 1.29 is 9.90 Å². The van der Waals surface area contributed by atoms with Gasteiger partial charge in [0.2, 0.25) is 0 Å². The molecular formula is C9H8Cl2N2O2. The van der Waals surface area contributed by atoms with Gasteiger partial charge in [-0.15, -0.1) is 0 Å². The smallest absolute Gasteiger partial charge is 0.283 e. The van der Waals surface area contributed by atoms with Gasteiger partial charge in [-0.1, -0.05) is 23.2 Å². The summed E-state index contributed by atoms with van der Waals surface area (Å²) < 4.78 is 0. The number of hydrogen-bond acceptors (Lipinski definition) is 2. The molecule has 1 aromatic carbocycles. The topological polar surface area (TPSA) is 75.7 Å². The number of amides is 1. The largest absolute Gasteiger partial charge is 0.507 e. The first-order valence-corrected chi connectivity index (χ1v) is 4.71. The van der Waals surface area contributed by atoms with Crippen molar-refractivity contribution in [3.8, 4) is 5.75 Å². The Morgan fingerprint density at radius 1 is 1.47 bits per heavy atom. The third-order valence-electron chi connectivity index (χ3n) is 1.56. The van der Waals surface area contributed by atoms with E-state index in [9.17, 15) is 9.90 Å². The number of phenolic OH excluding ortho intramolecular Hbond substituents is 1. The predicted octanol–water partition coefficient (Wildman–Crippen LogP) is 2.22. The van der Waals surface area contributed by atoms with Crippen molar-refractivity contribution in [2.24, 2.45) is 10.7 Å². The molecule has 1 aromatic rings. The lowest BCUT2D eigenvalue weighted by atomic mass is 10.2. The van der Waals surface area contributed by atoms with Gasteiger partial charge in [-0.05, 0) is 19.1 Å². The Kier molecular flexibility index (Phi) is 3.55. The van der Waals surface area contributed by atoms with Crippen molar-refractivity contribution in [3.63, 3.8) is 0 Å². The van der Waals surface area contributed by atoms with Crippen LogP contribution in [-0.4, -0.2) is 16.8 Å². The summed E-state index contributed by atoms with van der Waals surface area (Å²) in [6.07, 6.45) is 0. The highest BCUT2D eigenvalue weighted by Gasteiger charge is 2.17. The van der Waals surface area contributed by atoms with E-state index in [1.165, 1.54) is 19.1 Å². The van der Waals surface area contributed by atoms with E-state index in [0.29, 0.717) is 0 Å². The molecule has 1 amide bonds. The lowest BCUT2D eigenvalue weighted by Crippen LogP contribution is -2.09. The standard InChI is InChI=1S/C9H8Cl2N2O2/c1-4(12)13-9(15)7-6(14)3-2-5(10)8(7)11/h2-3,14H,1H3,(H2,12,13,15). The molecule has 80 valence electrons. The van der Waals surface area contributed by atoms with E-state index < -0.39 is 5.91 Å². The van der Waals surface area contributed by atoms with Crippen molar-refractivity contribution in [2.45, 2.75) is 6.92 Å². The molecule has 0 unspecified atom stereocenters. The highest BCUT2D eigenvalue weighted by atomic mass is 35.5. The molecule has 1 rings (SSSR count). The number of carbonyl (C=O) groups excluding carboxylic acids is 1. The first-order valence-electron chi connectivity index (χ1n) is 3.95. The maximum atomic E-state index is 11.5. The van der Waals surface area contributed by atoms with Gasteiger partial charge in [0.25, 0.3) is 5.91 Å². The van der Waals surface area contributed by atoms with Gasteiger partial charge in [0.15, 0.2) is 0 Å². The highest BCUT2D eigenvalue weighted by molar-refractivity contribution is 6.44. The second kappa shape index (κ2) is 4.51. The van der Waals surface area contributed by atoms with Crippen LogP contribution in [0.3, 0.4) is 0 Å². The lowest BCUT2D eigenvalue weighted by Gasteiger charge is -2.04. The van der Waals surface area contributed by atoms with E-state index in [0.717, 1.165) is 0 Å². The van der Waals surface area contributed by atoms with Crippen molar-refractivity contribution in [2.75, 3.05) is 0 Å². The van der Waals surface area contributed by atoms with E-state index in [1.54, 1.807) is 0 Å². The van der Waals surface area contributed by atoms with E-state index in [4.69, 9.17) is 28.9 Å². The van der Waals surface area contributed by atoms with Crippen LogP contribution in [0.15, 0.2) is 17.1 Å². The van der Waals surface area contributed by atoms with Gasteiger partial charge in [0.05, 0.1) is 10.0 Å². The predicted molar refractivity (Wildman–Crippen MR) is 59.8 cm³/mol. The third-order valence-corrected chi connectivity index (χ3v) is 2.37. The van der Waals surface area contributed by atoms with Crippen LogP contribution < -0.4 is 5.73 Å². The van der Waals surface area contributed by atoms with Gasteiger partial charge in [-0.2, -0.15) is 4.99 Å². The van der Waals surface area contributed by atoms with Crippen LogP contribution in [0.4, 0.5) is 0 Å². The zero-order chi connectivity index (χ0) is 11.6. The summed E-state index contributed by atoms with van der Waals surface area (Å²) in [6, 6.07) is 2.65. The monoisotopic (exact) mass is 246 g/mol. The fourth-order valence-corrected chi connectivity index (χ4v) is 1.36. The Morgan fingerprint density at radius 2 is 2.07 bits per heavy atom. The maximum absolute atomic E-state index is 11.5. The molecule has 0 atom stereocenters. The number of nitrogens with zero attached hydrogens (tertiary/aromatic N) is 1. The molecule has 0 radical (unpaired) electrons. The van der Waals surface area contributed by atoms with Crippen molar-refractivity contribution in [3.05, 3.63) is 27.7 Å². The van der Waals surface area contributed by atoms with Gasteiger partial charge in [0.1, 0.15) is 17.1 Å². The number of nitrogens with two attached hydrogens (primary N) is 1. The number of aromatic hydroxyl groups is 1. The summed E-state index contributed by atoms with van der Waals surface area (Å²) in [4.78, 5) is 14.9. The molecule has 0 aliphatic heterocycles. The number of aliphatic imine (C=N–C) groups is 1. The normalized spacial score (nSPS) is 11.5. The Balaban J connectivity index is 3.31. The SMILES string of the molecule is CC(N)=NC(=O)c1c(O)ccc(Cl)c1Cl. The van der Waals surface area contributed by atoms with Gasteiger partial charge < -0.3 is 10.8 Å². The van der Waals surface area contributed by atoms with E-state index in [-0.39, 0.29) is 27.2 Å². The molecule has 3 N–H and O–H groups in total. The Hall–Kier alpha value is -1.26. The first kappa shape index (κ1) is 11.8. The molecule has 0 saturated heterocycles. The number of carbonyl (C=O) groups is 1. The van der Waals surface area contributed by atoms with Gasteiger partial charge in [-0.25, -0.2) is 0 Å². The van der Waals surface area contributed by atoms with Crippen LogP contribution in [0.5, 0.6) is 5.75 Å². The Bertz CT molecular complexity index is 440. The molecule has 0 aromatic heterocycles. The molecule has 0 fully saturated rings. The van der Waals surface area contributed by atoms with Crippen LogP contribution in [0.25, 0.3) is 0 Å². The minimum atomic E-state index is -0.722. The fourth-order valence-electron chi connectivity index (χ4n) is 0.960. The van der Waals surface area contributed by atoms with Crippen LogP contribution in [0.2, 0.25) is 10.0 Å². The molecule has 0 spiro atoms. The van der Waals surface area contributed by atoms with E-state index >= 15 is 0 Å². The number of phenols is 1. The average Bonchev–Trinajstić information content (AvgIpc) is 2.11. The van der Waals surface area contributed by atoms with Crippen LogP contribution in [0, 0.1) is 0 Å². The molecule has 0 bridgehead atoms. The summed E-state index contributed by atoms with van der Waals surface area (Å²) in [5, 5.41) is 9.56. The number of rotatable bonds is 1. The summed E-state index contributed by atoms with van der Waals surface area (Å²) >= 11 is 11.4. The summed E-state index contributed by atoms with van der Waals surface area (Å²) in [7, 11) is 0. The molecular weight excluding hydrogens is 239 g/mol. The number of halogens is 2. The zero-order valence-electron chi connectivity index (χ0n) is 7.79. The van der Waals surface area contributed by atoms with E-state index in [1.807, 2.05) is 0 Å². The maximum Gasteiger partial charge on any atom is 0.283 e. The summed E-state index contributed by atoms with van der Waals surface area (Å²) in [5.41, 5.74) is 5.10. The lowest BCUT2D eigenvalue weighted by molar-refractivity contribution is 0.100. The van der Waals surface area contributed by atoms with Gasteiger partial charge >= 0.3 is 0 Å². The van der Waals surface area contributed by atoms with Gasteiger partial charge in [-0.3, -0.25) is 4.79 Å². The molecule has 0 aliphatic carbocycles. The molecule has 0 saturated carbocycles. The second-order valence-electron chi connectivity index (χ2n) is 2.81. The van der Waals surface area contributed by atoms with Gasteiger partial charge in [0, 0.05) is 0 Å². The van der Waals surface area contributed by atoms with E-state index in [2.05, 4.69) is 4.99 Å². The second-order valence-corrected chi connectivity index (χ2v) is 3.60. The van der Waals surface area contributed by atoms with Crippen LogP contribution in [0.1, 0.15) is 17.3 Å². The van der Waals surface area contributed by atoms with Crippen molar-refractivity contribution in [1.29, 1.82) is 0 Å². The average molecular weight is 247 g/mol. The quantitative estimate of drug-likeness (QED) is 0.590. The zero-order valence-corrected chi connectivity index (χ0v) is 9.30. The number of amidine groups is 1. The Morgan fingerprint density at radius 3 is 2.60 bits per heavy atom.